The van der Waals surface area contributed by atoms with Crippen molar-refractivity contribution in [2.24, 2.45) is 0 Å². The van der Waals surface area contributed by atoms with E-state index in [0.29, 0.717) is 40.1 Å². The van der Waals surface area contributed by atoms with Crippen molar-refractivity contribution in [3.63, 3.8) is 0 Å². The molecule has 11 heteroatoms. The number of carbonyl (C=O) groups excluding carboxylic acids is 1. The third-order valence-electron chi connectivity index (χ3n) is 6.13. The number of anilines is 1. The number of alkyl halides is 4. The molecule has 6 nitrogen and oxygen atoms in total. The van der Waals surface area contributed by atoms with Crippen LogP contribution in [0.3, 0.4) is 0 Å². The van der Waals surface area contributed by atoms with Crippen molar-refractivity contribution in [2.45, 2.75) is 38.2 Å². The predicted molar refractivity (Wildman–Crippen MR) is 132 cm³/mol. The summed E-state index contributed by atoms with van der Waals surface area (Å²) in [6, 6.07) is 11.6. The molecule has 2 aromatic carbocycles. The standard InChI is InChI=1S/C27H23F5N4O2/c1-15-9-16(5-6-20(15)26(37)35-22-12-21(22)29)24-13-34-25-23(33-8-7-27(30,31)32)11-19(14-36(24)25)38-18-4-2-3-17(28)10-18/h2-6,9-11,13-14,21-22,33H,7-8,12H2,1H3,(H,35,37)/t21-,22?/m1/s1. The number of rotatable bonds is 8. The summed E-state index contributed by atoms with van der Waals surface area (Å²) in [5.41, 5.74) is 2.99. The molecule has 198 valence electrons. The van der Waals surface area contributed by atoms with Crippen LogP contribution in [0.1, 0.15) is 28.8 Å². The Morgan fingerprint density at radius 2 is 1.95 bits per heavy atom. The second-order valence-corrected chi connectivity index (χ2v) is 9.14. The number of nitrogens with zero attached hydrogens (tertiary/aromatic N) is 2. The van der Waals surface area contributed by atoms with Gasteiger partial charge in [0, 0.05) is 36.2 Å². The lowest BCUT2D eigenvalue weighted by molar-refractivity contribution is -0.131. The van der Waals surface area contributed by atoms with Gasteiger partial charge in [0.1, 0.15) is 23.5 Å². The predicted octanol–water partition coefficient (Wildman–Crippen LogP) is 6.45. The number of amides is 1. The number of nitrogens with one attached hydrogen (secondary N) is 2. The lowest BCUT2D eigenvalue weighted by Crippen LogP contribution is -2.27. The van der Waals surface area contributed by atoms with Gasteiger partial charge in [-0.15, -0.1) is 0 Å². The van der Waals surface area contributed by atoms with E-state index in [9.17, 15) is 26.7 Å². The first-order valence-electron chi connectivity index (χ1n) is 11.9. The molecule has 0 spiro atoms. The van der Waals surface area contributed by atoms with Gasteiger partial charge in [0.05, 0.1) is 36.2 Å². The highest BCUT2D eigenvalue weighted by atomic mass is 19.4. The molecule has 2 atom stereocenters. The zero-order valence-electron chi connectivity index (χ0n) is 20.2. The first kappa shape index (κ1) is 25.5. The van der Waals surface area contributed by atoms with Gasteiger partial charge in [-0.25, -0.2) is 13.8 Å². The number of imidazole rings is 1. The molecule has 1 amide bonds. The number of pyridine rings is 1. The molecule has 4 aromatic rings. The molecule has 1 fully saturated rings. The van der Waals surface area contributed by atoms with E-state index in [2.05, 4.69) is 15.6 Å². The maximum Gasteiger partial charge on any atom is 0.390 e. The fourth-order valence-corrected chi connectivity index (χ4v) is 4.10. The van der Waals surface area contributed by atoms with Crippen LogP contribution in [0.5, 0.6) is 11.5 Å². The SMILES string of the molecule is Cc1cc(-c2cnc3c(NCCC(F)(F)F)cc(Oc4cccc(F)c4)cn23)ccc1C(=O)NC1C[C@H]1F. The van der Waals surface area contributed by atoms with Crippen molar-refractivity contribution >= 4 is 17.2 Å². The molecule has 2 heterocycles. The lowest BCUT2D eigenvalue weighted by Gasteiger charge is -2.14. The van der Waals surface area contributed by atoms with Crippen LogP contribution in [0, 0.1) is 12.7 Å². The van der Waals surface area contributed by atoms with E-state index in [1.165, 1.54) is 24.3 Å². The van der Waals surface area contributed by atoms with E-state index in [1.54, 1.807) is 48.0 Å². The monoisotopic (exact) mass is 530 g/mol. The van der Waals surface area contributed by atoms with Crippen LogP contribution in [0.15, 0.2) is 60.9 Å². The third kappa shape index (κ3) is 5.71. The number of halogens is 5. The van der Waals surface area contributed by atoms with Crippen molar-refractivity contribution in [2.75, 3.05) is 11.9 Å². The van der Waals surface area contributed by atoms with E-state index >= 15 is 0 Å². The fraction of sp³-hybridized carbons (Fsp3) is 0.259. The highest BCUT2D eigenvalue weighted by Crippen LogP contribution is 2.33. The van der Waals surface area contributed by atoms with Crippen LogP contribution in [0.4, 0.5) is 27.6 Å². The number of hydrogen-bond acceptors (Lipinski definition) is 4. The van der Waals surface area contributed by atoms with Gasteiger partial charge in [-0.1, -0.05) is 12.1 Å². The maximum atomic E-state index is 13.7. The number of aromatic nitrogens is 2. The number of benzene rings is 2. The molecular weight excluding hydrogens is 507 g/mol. The number of fused-ring (bicyclic) bond motifs is 1. The number of carbonyl (C=O) groups is 1. The smallest absolute Gasteiger partial charge is 0.390 e. The Bertz CT molecular complexity index is 1500. The Kier molecular flexibility index (Phi) is 6.68. The summed E-state index contributed by atoms with van der Waals surface area (Å²) in [5, 5.41) is 5.42. The average molecular weight is 530 g/mol. The van der Waals surface area contributed by atoms with Crippen molar-refractivity contribution in [1.29, 1.82) is 0 Å². The summed E-state index contributed by atoms with van der Waals surface area (Å²) in [4.78, 5) is 16.9. The van der Waals surface area contributed by atoms with Crippen LogP contribution in [0.2, 0.25) is 0 Å². The Hall–Kier alpha value is -4.15. The van der Waals surface area contributed by atoms with Gasteiger partial charge >= 0.3 is 6.18 Å². The highest BCUT2D eigenvalue weighted by Gasteiger charge is 2.39. The number of ether oxygens (including phenoxy) is 1. The highest BCUT2D eigenvalue weighted by molar-refractivity contribution is 5.96. The van der Waals surface area contributed by atoms with Crippen LogP contribution >= 0.6 is 0 Å². The maximum absolute atomic E-state index is 13.7. The molecule has 0 aliphatic heterocycles. The van der Waals surface area contributed by atoms with Crippen molar-refractivity contribution in [3.8, 4) is 22.8 Å². The summed E-state index contributed by atoms with van der Waals surface area (Å²) >= 11 is 0. The molecule has 38 heavy (non-hydrogen) atoms. The van der Waals surface area contributed by atoms with Gasteiger partial charge in [-0.05, 0) is 36.8 Å². The Morgan fingerprint density at radius 3 is 2.63 bits per heavy atom. The summed E-state index contributed by atoms with van der Waals surface area (Å²) in [7, 11) is 0. The topological polar surface area (TPSA) is 67.7 Å². The van der Waals surface area contributed by atoms with Crippen LogP contribution in [0.25, 0.3) is 16.9 Å². The number of aryl methyl sites for hydroxylation is 1. The van der Waals surface area contributed by atoms with E-state index in [-0.39, 0.29) is 24.0 Å². The van der Waals surface area contributed by atoms with Crippen molar-refractivity contribution in [3.05, 3.63) is 77.9 Å². The van der Waals surface area contributed by atoms with Crippen molar-refractivity contribution < 1.29 is 31.5 Å². The molecule has 1 aliphatic rings. The van der Waals surface area contributed by atoms with Crippen LogP contribution in [-0.2, 0) is 0 Å². The van der Waals surface area contributed by atoms with Crippen LogP contribution < -0.4 is 15.4 Å². The zero-order chi connectivity index (χ0) is 27.0. The fourth-order valence-electron chi connectivity index (χ4n) is 4.10. The molecule has 1 saturated carbocycles. The summed E-state index contributed by atoms with van der Waals surface area (Å²) in [6.45, 7) is 1.37. The average Bonchev–Trinajstić information content (AvgIpc) is 3.35. The minimum atomic E-state index is -4.34. The zero-order valence-corrected chi connectivity index (χ0v) is 20.2. The summed E-state index contributed by atoms with van der Waals surface area (Å²) in [5.74, 6) is -0.405. The minimum absolute atomic E-state index is 0.213. The molecule has 2 N–H and O–H groups in total. The summed E-state index contributed by atoms with van der Waals surface area (Å²) in [6.07, 6.45) is -2.93. The van der Waals surface area contributed by atoms with Gasteiger partial charge in [-0.3, -0.25) is 9.20 Å². The molecule has 0 bridgehead atoms. The largest absolute Gasteiger partial charge is 0.456 e. The Balaban J connectivity index is 1.49. The normalized spacial score (nSPS) is 16.9. The van der Waals surface area contributed by atoms with Gasteiger partial charge < -0.3 is 15.4 Å². The molecule has 5 rings (SSSR count). The molecule has 0 saturated heterocycles. The second kappa shape index (κ2) is 9.96. The third-order valence-corrected chi connectivity index (χ3v) is 6.13. The van der Waals surface area contributed by atoms with Gasteiger partial charge in [0.2, 0.25) is 0 Å². The van der Waals surface area contributed by atoms with E-state index < -0.39 is 30.6 Å². The Labute approximate surface area is 214 Å². The quantitative estimate of drug-likeness (QED) is 0.257. The van der Waals surface area contributed by atoms with Gasteiger partial charge in [-0.2, -0.15) is 13.2 Å². The molecule has 1 unspecified atom stereocenters. The minimum Gasteiger partial charge on any atom is -0.456 e. The van der Waals surface area contributed by atoms with E-state index in [1.807, 2.05) is 0 Å². The Morgan fingerprint density at radius 1 is 1.16 bits per heavy atom. The van der Waals surface area contributed by atoms with E-state index in [4.69, 9.17) is 4.74 Å². The molecule has 0 radical (unpaired) electrons. The summed E-state index contributed by atoms with van der Waals surface area (Å²) < 4.78 is 72.6. The van der Waals surface area contributed by atoms with Gasteiger partial charge in [0.15, 0.2) is 5.65 Å². The van der Waals surface area contributed by atoms with Crippen molar-refractivity contribution in [1.82, 2.24) is 14.7 Å². The first-order valence-corrected chi connectivity index (χ1v) is 11.9. The van der Waals surface area contributed by atoms with Gasteiger partial charge in [0.25, 0.3) is 5.91 Å². The van der Waals surface area contributed by atoms with E-state index in [0.717, 1.165) is 0 Å². The molecular formula is C27H23F5N4O2. The molecule has 2 aromatic heterocycles. The second-order valence-electron chi connectivity index (χ2n) is 9.14. The lowest BCUT2D eigenvalue weighted by atomic mass is 10.0. The van der Waals surface area contributed by atoms with Crippen LogP contribution in [-0.4, -0.2) is 40.2 Å². The molecule has 1 aliphatic carbocycles. The first-order chi connectivity index (χ1) is 18.1. The number of hydrogen-bond donors (Lipinski definition) is 2.